The molecule has 6 aromatic carbocycles. The van der Waals surface area contributed by atoms with E-state index in [-0.39, 0.29) is 0 Å². The molecule has 0 unspecified atom stereocenters. The molecule has 0 atom stereocenters. The van der Waals surface area contributed by atoms with E-state index >= 15 is 0 Å². The minimum Gasteiger partial charge on any atom is -0.455 e. The molecule has 206 valence electrons. The van der Waals surface area contributed by atoms with E-state index in [1.54, 1.807) is 0 Å². The van der Waals surface area contributed by atoms with Crippen molar-refractivity contribution in [3.63, 3.8) is 0 Å². The Morgan fingerprint density at radius 2 is 1.09 bits per heavy atom. The van der Waals surface area contributed by atoms with E-state index in [2.05, 4.69) is 144 Å². The highest BCUT2D eigenvalue weighted by Crippen LogP contribution is 2.39. The number of hydrogen-bond donors (Lipinski definition) is 0. The van der Waals surface area contributed by atoms with Gasteiger partial charge in [0.1, 0.15) is 11.2 Å². The van der Waals surface area contributed by atoms with Crippen molar-refractivity contribution in [1.82, 2.24) is 9.55 Å². The number of furan rings is 1. The summed E-state index contributed by atoms with van der Waals surface area (Å²) in [5.41, 5.74) is 11.4. The van der Waals surface area contributed by atoms with Crippen LogP contribution in [0.3, 0.4) is 0 Å². The van der Waals surface area contributed by atoms with Crippen LogP contribution >= 0.6 is 0 Å². The molecule has 0 N–H and O–H groups in total. The fraction of sp³-hybridized carbons (Fsp3) is 0. The predicted molar refractivity (Wildman–Crippen MR) is 182 cm³/mol. The first-order chi connectivity index (χ1) is 21.8. The fourth-order valence-corrected chi connectivity index (χ4v) is 6.55. The Bertz CT molecular complexity index is 2490. The second-order valence-corrected chi connectivity index (χ2v) is 11.2. The van der Waals surface area contributed by atoms with Crippen LogP contribution in [0, 0.1) is 0 Å². The highest BCUT2D eigenvalue weighted by Gasteiger charge is 2.17. The molecule has 0 amide bonds. The number of aromatic nitrogens is 2. The summed E-state index contributed by atoms with van der Waals surface area (Å²) in [6.45, 7) is 0. The van der Waals surface area contributed by atoms with Crippen molar-refractivity contribution >= 4 is 43.7 Å². The Kier molecular flexibility index (Phi) is 5.50. The van der Waals surface area contributed by atoms with Gasteiger partial charge in [-0.2, -0.15) is 0 Å². The molecule has 3 nitrogen and oxygen atoms in total. The quantitative estimate of drug-likeness (QED) is 0.214. The molecule has 0 fully saturated rings. The first-order valence-electron chi connectivity index (χ1n) is 14.9. The molecule has 9 aromatic rings. The molecule has 3 aromatic heterocycles. The summed E-state index contributed by atoms with van der Waals surface area (Å²) in [6, 6.07) is 55.4. The maximum atomic E-state index is 6.46. The monoisotopic (exact) mass is 562 g/mol. The standard InChI is InChI=1S/C41H26N2O/c1-3-12-27(13-4-1)36-24-29(31-18-11-19-35-34-17-8-10-21-40(34)44-41(31)35)25-37(42-36)28-22-23-33-32-16-7-9-20-38(32)43(39(33)26-28)30-14-5-2-6-15-30/h1-26H. The van der Waals surface area contributed by atoms with E-state index in [1.165, 1.54) is 16.3 Å². The molecule has 0 radical (unpaired) electrons. The topological polar surface area (TPSA) is 31.0 Å². The van der Waals surface area contributed by atoms with Gasteiger partial charge in [0.15, 0.2) is 0 Å². The van der Waals surface area contributed by atoms with Crippen molar-refractivity contribution in [3.8, 4) is 39.3 Å². The SMILES string of the molecule is c1ccc(-c2cc(-c3cccc4c3oc3ccccc34)cc(-c3ccc4c5ccccc5n(-c5ccccc5)c4c3)n2)cc1. The first kappa shape index (κ1) is 24.6. The highest BCUT2D eigenvalue weighted by atomic mass is 16.3. The predicted octanol–water partition coefficient (Wildman–Crippen LogP) is 11.1. The minimum atomic E-state index is 0.893. The normalized spacial score (nSPS) is 11.6. The van der Waals surface area contributed by atoms with E-state index in [9.17, 15) is 0 Å². The van der Waals surface area contributed by atoms with Gasteiger partial charge in [0, 0.05) is 43.9 Å². The molecule has 3 heteroatoms. The molecule has 0 aliphatic heterocycles. The summed E-state index contributed by atoms with van der Waals surface area (Å²) in [6.07, 6.45) is 0. The van der Waals surface area contributed by atoms with Crippen molar-refractivity contribution in [2.24, 2.45) is 0 Å². The zero-order chi connectivity index (χ0) is 29.0. The van der Waals surface area contributed by atoms with Crippen LogP contribution in [0.5, 0.6) is 0 Å². The van der Waals surface area contributed by atoms with E-state index < -0.39 is 0 Å². The maximum absolute atomic E-state index is 6.46. The molecule has 3 heterocycles. The van der Waals surface area contributed by atoms with Crippen molar-refractivity contribution in [1.29, 1.82) is 0 Å². The van der Waals surface area contributed by atoms with E-state index in [0.29, 0.717) is 0 Å². The van der Waals surface area contributed by atoms with Gasteiger partial charge in [-0.3, -0.25) is 0 Å². The maximum Gasteiger partial charge on any atom is 0.143 e. The van der Waals surface area contributed by atoms with Gasteiger partial charge in [-0.1, -0.05) is 115 Å². The third-order valence-electron chi connectivity index (χ3n) is 8.59. The van der Waals surface area contributed by atoms with Crippen LogP contribution < -0.4 is 0 Å². The molecule has 9 rings (SSSR count). The van der Waals surface area contributed by atoms with Gasteiger partial charge in [0.25, 0.3) is 0 Å². The van der Waals surface area contributed by atoms with E-state index in [1.807, 2.05) is 18.2 Å². The lowest BCUT2D eigenvalue weighted by Crippen LogP contribution is -1.94. The second kappa shape index (κ2) is 9.82. The largest absolute Gasteiger partial charge is 0.455 e. The van der Waals surface area contributed by atoms with Gasteiger partial charge in [-0.25, -0.2) is 4.98 Å². The van der Waals surface area contributed by atoms with Crippen LogP contribution in [0.4, 0.5) is 0 Å². The van der Waals surface area contributed by atoms with Gasteiger partial charge < -0.3 is 8.98 Å². The third kappa shape index (κ3) is 3.87. The average Bonchev–Trinajstić information content (AvgIpc) is 3.64. The van der Waals surface area contributed by atoms with Gasteiger partial charge in [-0.15, -0.1) is 0 Å². The molecule has 0 spiro atoms. The number of pyridine rings is 1. The minimum absolute atomic E-state index is 0.893. The molecule has 0 saturated heterocycles. The smallest absolute Gasteiger partial charge is 0.143 e. The lowest BCUT2D eigenvalue weighted by atomic mass is 9.98. The Morgan fingerprint density at radius 3 is 1.93 bits per heavy atom. The summed E-state index contributed by atoms with van der Waals surface area (Å²) in [5.74, 6) is 0. The number of hydrogen-bond acceptors (Lipinski definition) is 2. The Hall–Kier alpha value is -5.93. The van der Waals surface area contributed by atoms with Crippen LogP contribution in [0.25, 0.3) is 83.1 Å². The molecule has 0 saturated carbocycles. The fourth-order valence-electron chi connectivity index (χ4n) is 6.55. The third-order valence-corrected chi connectivity index (χ3v) is 8.59. The first-order valence-corrected chi connectivity index (χ1v) is 14.9. The van der Waals surface area contributed by atoms with Crippen molar-refractivity contribution in [2.45, 2.75) is 0 Å². The Labute approximate surface area is 254 Å². The second-order valence-electron chi connectivity index (χ2n) is 11.2. The molecular formula is C41H26N2O. The van der Waals surface area contributed by atoms with Gasteiger partial charge >= 0.3 is 0 Å². The lowest BCUT2D eigenvalue weighted by molar-refractivity contribution is 0.670. The van der Waals surface area contributed by atoms with Crippen LogP contribution in [0.15, 0.2) is 162 Å². The summed E-state index contributed by atoms with van der Waals surface area (Å²) >= 11 is 0. The van der Waals surface area contributed by atoms with E-state index in [0.717, 1.165) is 66.8 Å². The van der Waals surface area contributed by atoms with Crippen LogP contribution in [-0.2, 0) is 0 Å². The zero-order valence-electron chi connectivity index (χ0n) is 23.8. The molecular weight excluding hydrogens is 536 g/mol. The lowest BCUT2D eigenvalue weighted by Gasteiger charge is -2.12. The number of fused-ring (bicyclic) bond motifs is 6. The zero-order valence-corrected chi connectivity index (χ0v) is 23.8. The summed E-state index contributed by atoms with van der Waals surface area (Å²) in [5, 5.41) is 4.70. The van der Waals surface area contributed by atoms with Crippen LogP contribution in [0.1, 0.15) is 0 Å². The number of para-hydroxylation sites is 4. The Morgan fingerprint density at radius 1 is 0.432 bits per heavy atom. The number of rotatable bonds is 4. The van der Waals surface area contributed by atoms with Gasteiger partial charge in [-0.05, 0) is 48.0 Å². The Balaban J connectivity index is 1.31. The van der Waals surface area contributed by atoms with E-state index in [4.69, 9.17) is 9.40 Å². The van der Waals surface area contributed by atoms with Crippen molar-refractivity contribution in [3.05, 3.63) is 158 Å². The molecule has 0 aliphatic carbocycles. The number of nitrogens with zero attached hydrogens (tertiary/aromatic N) is 2. The highest BCUT2D eigenvalue weighted by molar-refractivity contribution is 6.11. The summed E-state index contributed by atoms with van der Waals surface area (Å²) in [4.78, 5) is 5.25. The van der Waals surface area contributed by atoms with Crippen LogP contribution in [-0.4, -0.2) is 9.55 Å². The number of benzene rings is 6. The molecule has 44 heavy (non-hydrogen) atoms. The summed E-state index contributed by atoms with van der Waals surface area (Å²) < 4.78 is 8.81. The van der Waals surface area contributed by atoms with Gasteiger partial charge in [0.2, 0.25) is 0 Å². The molecule has 0 bridgehead atoms. The average molecular weight is 563 g/mol. The van der Waals surface area contributed by atoms with Crippen molar-refractivity contribution in [2.75, 3.05) is 0 Å². The van der Waals surface area contributed by atoms with Gasteiger partial charge in [0.05, 0.1) is 22.4 Å². The summed E-state index contributed by atoms with van der Waals surface area (Å²) in [7, 11) is 0. The van der Waals surface area contributed by atoms with Crippen molar-refractivity contribution < 1.29 is 4.42 Å². The molecule has 0 aliphatic rings. The van der Waals surface area contributed by atoms with Crippen LogP contribution in [0.2, 0.25) is 0 Å².